The quantitative estimate of drug-likeness (QED) is 0.775. The summed E-state index contributed by atoms with van der Waals surface area (Å²) in [4.78, 5) is 18.0. The summed E-state index contributed by atoms with van der Waals surface area (Å²) in [7, 11) is -4.31. The topological polar surface area (TPSA) is 111 Å². The van der Waals surface area contributed by atoms with Gasteiger partial charge in [0, 0.05) is 0 Å². The number of primary amides is 1. The van der Waals surface area contributed by atoms with Gasteiger partial charge < -0.3 is 14.8 Å². The van der Waals surface area contributed by atoms with Gasteiger partial charge in [-0.15, -0.1) is 11.3 Å². The van der Waals surface area contributed by atoms with Crippen LogP contribution >= 0.6 is 11.3 Å². The number of carbonyl (C=O) groups excluding carboxylic acids is 1. The van der Waals surface area contributed by atoms with Gasteiger partial charge in [-0.05, 0) is 29.6 Å². The number of para-hydroxylation sites is 1. The summed E-state index contributed by atoms with van der Waals surface area (Å²) < 4.78 is 28.2. The van der Waals surface area contributed by atoms with Crippen molar-refractivity contribution in [3.8, 4) is 10.8 Å². The van der Waals surface area contributed by atoms with E-state index < -0.39 is 16.3 Å². The fourth-order valence-corrected chi connectivity index (χ4v) is 2.75. The molecule has 0 saturated heterocycles. The van der Waals surface area contributed by atoms with Gasteiger partial charge in [0.05, 0.1) is 0 Å². The Morgan fingerprint density at radius 3 is 2.48 bits per heavy atom. The lowest BCUT2D eigenvalue weighted by Gasteiger charge is -2.19. The highest BCUT2D eigenvalue weighted by molar-refractivity contribution is 7.85. The number of rotatable bonds is 6. The van der Waals surface area contributed by atoms with Crippen molar-refractivity contribution in [1.82, 2.24) is 10.0 Å². The number of hydrogen-bond acceptors (Lipinski definition) is 6. The Morgan fingerprint density at radius 1 is 1.19 bits per heavy atom. The minimum Gasteiger partial charge on any atom is -0.359 e. The van der Waals surface area contributed by atoms with Crippen molar-refractivity contribution in [2.45, 2.75) is 0 Å². The molecule has 21 heavy (non-hydrogen) atoms. The van der Waals surface area contributed by atoms with Crippen LogP contribution in [0.25, 0.3) is 0 Å². The summed E-state index contributed by atoms with van der Waals surface area (Å²) in [5, 5.41) is 2.03. The normalized spacial score (nSPS) is 10.9. The van der Waals surface area contributed by atoms with E-state index in [1.165, 1.54) is 18.2 Å². The minimum atomic E-state index is -4.31. The molecule has 2 aromatic rings. The molecule has 112 valence electrons. The third kappa shape index (κ3) is 4.63. The molecular weight excluding hydrogens is 318 g/mol. The first-order valence-corrected chi connectivity index (χ1v) is 7.83. The molecule has 0 aliphatic carbocycles. The maximum atomic E-state index is 11.7. The standard InChI is InChI=1S/C11H11N3O5S2/c12-11(15)14(18-9-5-2-1-3-6-9)13-21(16,17)19-10-7-4-8-20-10/h1-8,13H,(H2,12,15). The van der Waals surface area contributed by atoms with Gasteiger partial charge in [-0.25, -0.2) is 4.79 Å². The van der Waals surface area contributed by atoms with E-state index in [4.69, 9.17) is 14.8 Å². The second-order valence-electron chi connectivity index (χ2n) is 3.60. The van der Waals surface area contributed by atoms with E-state index in [2.05, 4.69) is 0 Å². The van der Waals surface area contributed by atoms with Crippen LogP contribution in [0, 0.1) is 0 Å². The zero-order valence-electron chi connectivity index (χ0n) is 10.5. The van der Waals surface area contributed by atoms with Crippen LogP contribution < -0.4 is 19.6 Å². The smallest absolute Gasteiger partial charge is 0.359 e. The van der Waals surface area contributed by atoms with Crippen molar-refractivity contribution in [1.29, 1.82) is 0 Å². The predicted octanol–water partition coefficient (Wildman–Crippen LogP) is 1.25. The molecule has 8 nitrogen and oxygen atoms in total. The Hall–Kier alpha value is -2.30. The van der Waals surface area contributed by atoms with Gasteiger partial charge in [0.2, 0.25) is 0 Å². The largest absolute Gasteiger partial charge is 0.403 e. The molecule has 0 aliphatic heterocycles. The van der Waals surface area contributed by atoms with E-state index in [1.807, 2.05) is 0 Å². The molecule has 0 atom stereocenters. The van der Waals surface area contributed by atoms with E-state index in [-0.39, 0.29) is 16.0 Å². The van der Waals surface area contributed by atoms with Crippen molar-refractivity contribution >= 4 is 27.7 Å². The molecule has 1 heterocycles. The van der Waals surface area contributed by atoms with Crippen molar-refractivity contribution in [3.05, 3.63) is 47.8 Å². The van der Waals surface area contributed by atoms with Crippen LogP contribution in [0.3, 0.4) is 0 Å². The molecule has 1 aromatic heterocycles. The SMILES string of the molecule is NC(=O)N(NS(=O)(=O)Oc1cccs1)Oc1ccccc1. The van der Waals surface area contributed by atoms with E-state index in [9.17, 15) is 13.2 Å². The number of urea groups is 1. The van der Waals surface area contributed by atoms with Crippen LogP contribution in [0.1, 0.15) is 0 Å². The summed E-state index contributed by atoms with van der Waals surface area (Å²) in [5.41, 5.74) is 5.05. The van der Waals surface area contributed by atoms with Crippen molar-refractivity contribution < 1.29 is 22.2 Å². The Balaban J connectivity index is 2.07. The van der Waals surface area contributed by atoms with Crippen LogP contribution in [0.5, 0.6) is 10.8 Å². The molecule has 0 unspecified atom stereocenters. The third-order valence-corrected chi connectivity index (χ3v) is 3.66. The van der Waals surface area contributed by atoms with Crippen molar-refractivity contribution in [2.24, 2.45) is 5.73 Å². The first-order chi connectivity index (χ1) is 9.96. The molecule has 0 bridgehead atoms. The predicted molar refractivity (Wildman–Crippen MR) is 75.5 cm³/mol. The molecule has 0 fully saturated rings. The number of thiophene rings is 1. The van der Waals surface area contributed by atoms with Gasteiger partial charge in [-0.2, -0.15) is 8.42 Å². The number of nitrogens with zero attached hydrogens (tertiary/aromatic N) is 1. The Labute approximate surface area is 124 Å². The molecule has 3 N–H and O–H groups in total. The van der Waals surface area contributed by atoms with Gasteiger partial charge in [0.25, 0.3) is 0 Å². The van der Waals surface area contributed by atoms with Gasteiger partial charge in [-0.3, -0.25) is 0 Å². The van der Waals surface area contributed by atoms with Crippen molar-refractivity contribution in [3.63, 3.8) is 0 Å². The van der Waals surface area contributed by atoms with Crippen molar-refractivity contribution in [2.75, 3.05) is 0 Å². The van der Waals surface area contributed by atoms with Crippen LogP contribution in [-0.2, 0) is 10.3 Å². The second kappa shape index (κ2) is 6.43. The van der Waals surface area contributed by atoms with Gasteiger partial charge in [0.1, 0.15) is 0 Å². The third-order valence-electron chi connectivity index (χ3n) is 2.02. The highest BCUT2D eigenvalue weighted by Gasteiger charge is 2.22. The van der Waals surface area contributed by atoms with Gasteiger partial charge in [0.15, 0.2) is 10.8 Å². The fraction of sp³-hybridized carbons (Fsp3) is 0. The highest BCUT2D eigenvalue weighted by atomic mass is 32.2. The number of hydrazine groups is 1. The van der Waals surface area contributed by atoms with Crippen LogP contribution in [0.15, 0.2) is 47.8 Å². The summed E-state index contributed by atoms with van der Waals surface area (Å²) in [5.74, 6) is 0.218. The number of carbonyl (C=O) groups is 1. The Bertz CT molecular complexity index is 688. The molecule has 2 amide bonds. The van der Waals surface area contributed by atoms with E-state index in [0.717, 1.165) is 11.3 Å². The average molecular weight is 329 g/mol. The Morgan fingerprint density at radius 2 is 1.90 bits per heavy atom. The molecule has 2 rings (SSSR count). The number of hydrogen-bond donors (Lipinski definition) is 2. The lowest BCUT2D eigenvalue weighted by molar-refractivity contribution is -0.0314. The Kier molecular flexibility index (Phi) is 4.62. The summed E-state index contributed by atoms with van der Waals surface area (Å²) in [6.07, 6.45) is 0. The first-order valence-electron chi connectivity index (χ1n) is 5.54. The zero-order valence-corrected chi connectivity index (χ0v) is 12.1. The maximum Gasteiger partial charge on any atom is 0.403 e. The average Bonchev–Trinajstić information content (AvgIpc) is 2.91. The highest BCUT2D eigenvalue weighted by Crippen LogP contribution is 2.19. The number of nitrogens with one attached hydrogen (secondary N) is 1. The molecule has 0 spiro atoms. The van der Waals surface area contributed by atoms with Crippen LogP contribution in [-0.4, -0.2) is 19.6 Å². The molecule has 10 heteroatoms. The second-order valence-corrected chi connectivity index (χ2v) is 5.77. The molecular formula is C11H11N3O5S2. The summed E-state index contributed by atoms with van der Waals surface area (Å²) in [6.45, 7) is 0. The summed E-state index contributed by atoms with van der Waals surface area (Å²) in [6, 6.07) is 9.96. The first kappa shape index (κ1) is 15.1. The molecule has 0 saturated carbocycles. The lowest BCUT2D eigenvalue weighted by Crippen LogP contribution is -2.51. The fourth-order valence-electron chi connectivity index (χ4n) is 1.23. The number of nitrogens with two attached hydrogens (primary N) is 1. The summed E-state index contributed by atoms with van der Waals surface area (Å²) >= 11 is 1.07. The van der Waals surface area contributed by atoms with Crippen LogP contribution in [0.4, 0.5) is 4.79 Å². The van der Waals surface area contributed by atoms with E-state index in [1.54, 1.807) is 34.5 Å². The van der Waals surface area contributed by atoms with Gasteiger partial charge >= 0.3 is 16.3 Å². The number of benzene rings is 1. The van der Waals surface area contributed by atoms with E-state index in [0.29, 0.717) is 0 Å². The zero-order chi connectivity index (χ0) is 15.3. The molecule has 0 aliphatic rings. The van der Waals surface area contributed by atoms with E-state index >= 15 is 0 Å². The minimum absolute atomic E-state index is 0.131. The number of amides is 2. The molecule has 1 aromatic carbocycles. The maximum absolute atomic E-state index is 11.7. The van der Waals surface area contributed by atoms with Gasteiger partial charge in [-0.1, -0.05) is 28.2 Å². The monoisotopic (exact) mass is 329 g/mol. The number of hydroxylamine groups is 1. The van der Waals surface area contributed by atoms with Crippen LogP contribution in [0.2, 0.25) is 0 Å². The lowest BCUT2D eigenvalue weighted by atomic mass is 10.3. The molecule has 0 radical (unpaired) electrons.